The van der Waals surface area contributed by atoms with E-state index in [-0.39, 0.29) is 0 Å². The Morgan fingerprint density at radius 2 is 1.71 bits per heavy atom. The van der Waals surface area contributed by atoms with Crippen molar-refractivity contribution in [2.75, 3.05) is 13.1 Å². The van der Waals surface area contributed by atoms with Crippen molar-refractivity contribution in [2.45, 2.75) is 51.0 Å². The first kappa shape index (κ1) is 21.6. The molecular formula is C24H28Br2N2. The van der Waals surface area contributed by atoms with Gasteiger partial charge >= 0.3 is 0 Å². The summed E-state index contributed by atoms with van der Waals surface area (Å²) >= 11 is 7.44. The van der Waals surface area contributed by atoms with Gasteiger partial charge < -0.3 is 0 Å². The van der Waals surface area contributed by atoms with Crippen molar-refractivity contribution in [2.24, 2.45) is 5.92 Å². The molecule has 3 rings (SSSR count). The van der Waals surface area contributed by atoms with Crippen molar-refractivity contribution < 1.29 is 0 Å². The van der Waals surface area contributed by atoms with Crippen LogP contribution in [0.4, 0.5) is 0 Å². The number of nitriles is 1. The van der Waals surface area contributed by atoms with Gasteiger partial charge in [0, 0.05) is 21.1 Å². The minimum Gasteiger partial charge on any atom is -0.299 e. The molecule has 1 aliphatic rings. The lowest BCUT2D eigenvalue weighted by molar-refractivity contribution is 0.249. The second-order valence-corrected chi connectivity index (χ2v) is 9.53. The number of hydrogen-bond acceptors (Lipinski definition) is 2. The van der Waals surface area contributed by atoms with Crippen LogP contribution in [-0.4, -0.2) is 18.0 Å². The molecule has 0 aromatic heterocycles. The maximum absolute atomic E-state index is 10.3. The highest BCUT2D eigenvalue weighted by Crippen LogP contribution is 2.53. The molecule has 1 atom stereocenters. The predicted octanol–water partition coefficient (Wildman–Crippen LogP) is 7.08. The Balaban J connectivity index is 1.73. The lowest BCUT2D eigenvalue weighted by atomic mass is 9.73. The quantitative estimate of drug-likeness (QED) is 0.346. The topological polar surface area (TPSA) is 27.0 Å². The van der Waals surface area contributed by atoms with Crippen LogP contribution in [0.15, 0.2) is 57.5 Å². The summed E-state index contributed by atoms with van der Waals surface area (Å²) in [6, 6.07) is 19.6. The molecule has 1 unspecified atom stereocenters. The molecule has 0 saturated heterocycles. The van der Waals surface area contributed by atoms with Crippen molar-refractivity contribution >= 4 is 31.9 Å². The summed E-state index contributed by atoms with van der Waals surface area (Å²) in [5.74, 6) is 0.473. The molecule has 2 aromatic rings. The summed E-state index contributed by atoms with van der Waals surface area (Å²) in [6.07, 6.45) is 5.40. The van der Waals surface area contributed by atoms with Crippen LogP contribution >= 0.6 is 31.9 Å². The maximum atomic E-state index is 10.3. The Hall–Kier alpha value is -1.15. The molecule has 2 nitrogen and oxygen atoms in total. The first-order valence-electron chi connectivity index (χ1n) is 10.2. The van der Waals surface area contributed by atoms with E-state index in [0.717, 1.165) is 66.2 Å². The molecule has 1 fully saturated rings. The molecule has 0 aliphatic heterocycles. The van der Waals surface area contributed by atoms with Gasteiger partial charge in [0.1, 0.15) is 0 Å². The van der Waals surface area contributed by atoms with Crippen molar-refractivity contribution in [3.8, 4) is 6.07 Å². The second kappa shape index (κ2) is 10.1. The Morgan fingerprint density at radius 3 is 2.29 bits per heavy atom. The number of hydrogen-bond donors (Lipinski definition) is 0. The zero-order chi connectivity index (χ0) is 20.0. The van der Waals surface area contributed by atoms with Gasteiger partial charge in [0.25, 0.3) is 0 Å². The van der Waals surface area contributed by atoms with Gasteiger partial charge in [-0.25, -0.2) is 0 Å². The van der Waals surface area contributed by atoms with Gasteiger partial charge in [-0.3, -0.25) is 4.90 Å². The van der Waals surface area contributed by atoms with E-state index in [2.05, 4.69) is 92.2 Å². The van der Waals surface area contributed by atoms with E-state index in [1.807, 2.05) is 6.07 Å². The Labute approximate surface area is 186 Å². The summed E-state index contributed by atoms with van der Waals surface area (Å²) in [5.41, 5.74) is 2.10. The molecule has 28 heavy (non-hydrogen) atoms. The lowest BCUT2D eigenvalue weighted by Crippen LogP contribution is -2.31. The average Bonchev–Trinajstić information content (AvgIpc) is 3.53. The highest BCUT2D eigenvalue weighted by atomic mass is 79.9. The Morgan fingerprint density at radius 1 is 1.04 bits per heavy atom. The van der Waals surface area contributed by atoms with E-state index in [4.69, 9.17) is 0 Å². The first-order valence-corrected chi connectivity index (χ1v) is 11.8. The molecule has 1 saturated carbocycles. The highest BCUT2D eigenvalue weighted by molar-refractivity contribution is 9.11. The number of halogens is 2. The zero-order valence-electron chi connectivity index (χ0n) is 16.5. The molecule has 2 aromatic carbocycles. The number of rotatable bonds is 10. The summed E-state index contributed by atoms with van der Waals surface area (Å²) in [7, 11) is 0. The van der Waals surface area contributed by atoms with E-state index in [1.165, 1.54) is 5.56 Å². The third-order valence-corrected chi connectivity index (χ3v) is 7.04. The number of nitrogens with zero attached hydrogens (tertiary/aromatic N) is 2. The van der Waals surface area contributed by atoms with Crippen LogP contribution in [0.5, 0.6) is 0 Å². The van der Waals surface area contributed by atoms with Crippen molar-refractivity contribution in [1.82, 2.24) is 4.90 Å². The Kier molecular flexibility index (Phi) is 7.74. The third-order valence-electron chi connectivity index (χ3n) is 5.72. The molecule has 148 valence electrons. The van der Waals surface area contributed by atoms with Crippen molar-refractivity contribution in [3.05, 3.63) is 68.6 Å². The molecule has 0 radical (unpaired) electrons. The largest absolute Gasteiger partial charge is 0.299 e. The molecule has 0 N–H and O–H groups in total. The van der Waals surface area contributed by atoms with Crippen LogP contribution in [0.3, 0.4) is 0 Å². The summed E-state index contributed by atoms with van der Waals surface area (Å²) in [6.45, 7) is 5.34. The minimum atomic E-state index is -0.399. The van der Waals surface area contributed by atoms with E-state index in [9.17, 15) is 5.26 Å². The minimum absolute atomic E-state index is 0.399. The third kappa shape index (κ3) is 5.06. The number of benzene rings is 2. The first-order chi connectivity index (χ1) is 13.6. The van der Waals surface area contributed by atoms with Gasteiger partial charge in [0.05, 0.1) is 11.5 Å². The molecule has 0 bridgehead atoms. The van der Waals surface area contributed by atoms with Crippen LogP contribution in [0.1, 0.15) is 50.2 Å². The van der Waals surface area contributed by atoms with Gasteiger partial charge in [-0.15, -0.1) is 0 Å². The van der Waals surface area contributed by atoms with Crippen LogP contribution < -0.4 is 0 Å². The molecule has 0 heterocycles. The molecule has 0 amide bonds. The monoisotopic (exact) mass is 502 g/mol. The van der Waals surface area contributed by atoms with Crippen LogP contribution in [0.2, 0.25) is 0 Å². The molecule has 1 aliphatic carbocycles. The molecule has 4 heteroatoms. The normalized spacial score (nSPS) is 16.0. The van der Waals surface area contributed by atoms with E-state index in [0.29, 0.717) is 5.92 Å². The summed E-state index contributed by atoms with van der Waals surface area (Å²) in [5, 5.41) is 10.3. The van der Waals surface area contributed by atoms with Gasteiger partial charge in [0.15, 0.2) is 0 Å². The van der Waals surface area contributed by atoms with Crippen LogP contribution in [0, 0.1) is 17.2 Å². The SMILES string of the molecule is CCCN(CCCC(C#N)(c1c(Br)cccc1Br)C1CC1)Cc1ccccc1. The molecular weight excluding hydrogens is 476 g/mol. The van der Waals surface area contributed by atoms with Gasteiger partial charge in [0.2, 0.25) is 0 Å². The summed E-state index contributed by atoms with van der Waals surface area (Å²) in [4.78, 5) is 2.53. The van der Waals surface area contributed by atoms with E-state index < -0.39 is 5.41 Å². The average molecular weight is 504 g/mol. The lowest BCUT2D eigenvalue weighted by Gasteiger charge is -2.31. The van der Waals surface area contributed by atoms with Crippen LogP contribution in [-0.2, 0) is 12.0 Å². The van der Waals surface area contributed by atoms with E-state index >= 15 is 0 Å². The van der Waals surface area contributed by atoms with Gasteiger partial charge in [-0.05, 0) is 68.8 Å². The van der Waals surface area contributed by atoms with Crippen LogP contribution in [0.25, 0.3) is 0 Å². The summed E-state index contributed by atoms with van der Waals surface area (Å²) < 4.78 is 2.09. The highest BCUT2D eigenvalue weighted by Gasteiger charge is 2.48. The standard InChI is InChI=1S/C24H28Br2N2/c1-2-15-28(17-19-8-4-3-5-9-19)16-7-14-24(18-27,20-12-13-20)23-21(25)10-6-11-22(23)26/h3-6,8-11,20H,2,7,12-17H2,1H3. The van der Waals surface area contributed by atoms with E-state index in [1.54, 1.807) is 0 Å². The zero-order valence-corrected chi connectivity index (χ0v) is 19.7. The maximum Gasteiger partial charge on any atom is 0.0872 e. The fourth-order valence-corrected chi connectivity index (χ4v) is 5.95. The Bertz CT molecular complexity index is 791. The molecule has 0 spiro atoms. The van der Waals surface area contributed by atoms with Gasteiger partial charge in [-0.1, -0.05) is 75.2 Å². The fraction of sp³-hybridized carbons (Fsp3) is 0.458. The second-order valence-electron chi connectivity index (χ2n) is 7.82. The van der Waals surface area contributed by atoms with Gasteiger partial charge in [-0.2, -0.15) is 5.26 Å². The van der Waals surface area contributed by atoms with Crippen molar-refractivity contribution in [1.29, 1.82) is 5.26 Å². The van der Waals surface area contributed by atoms with Crippen molar-refractivity contribution in [3.63, 3.8) is 0 Å². The predicted molar refractivity (Wildman–Crippen MR) is 123 cm³/mol. The smallest absolute Gasteiger partial charge is 0.0872 e. The fourth-order valence-electron chi connectivity index (χ4n) is 4.25.